The Morgan fingerprint density at radius 2 is 1.96 bits per heavy atom. The molecular formula is C18H14Cl2F3N3O2. The van der Waals surface area contributed by atoms with Gasteiger partial charge in [-0.25, -0.2) is 4.98 Å². The molecule has 0 radical (unpaired) electrons. The molecule has 0 saturated heterocycles. The van der Waals surface area contributed by atoms with Gasteiger partial charge in [0.2, 0.25) is 0 Å². The van der Waals surface area contributed by atoms with E-state index in [-0.39, 0.29) is 23.0 Å². The second-order valence-corrected chi connectivity index (χ2v) is 6.72. The van der Waals surface area contributed by atoms with Crippen LogP contribution in [-0.4, -0.2) is 20.7 Å². The van der Waals surface area contributed by atoms with Crippen LogP contribution in [0.25, 0.3) is 5.65 Å². The van der Waals surface area contributed by atoms with E-state index in [0.717, 1.165) is 12.3 Å². The maximum atomic E-state index is 12.9. The molecular weight excluding hydrogens is 418 g/mol. The summed E-state index contributed by atoms with van der Waals surface area (Å²) in [6.45, 7) is 1.81. The van der Waals surface area contributed by atoms with Gasteiger partial charge in [0.25, 0.3) is 0 Å². The van der Waals surface area contributed by atoms with Crippen LogP contribution in [0.4, 0.5) is 13.2 Å². The third-order valence-corrected chi connectivity index (χ3v) is 4.55. The van der Waals surface area contributed by atoms with E-state index in [1.54, 1.807) is 6.07 Å². The molecule has 0 unspecified atom stereocenters. The number of fused-ring (bicyclic) bond motifs is 1. The van der Waals surface area contributed by atoms with Crippen molar-refractivity contribution in [3.05, 3.63) is 63.0 Å². The first-order valence-corrected chi connectivity index (χ1v) is 8.85. The Morgan fingerprint density at radius 3 is 2.64 bits per heavy atom. The number of aryl methyl sites for hydroxylation is 1. The molecule has 1 N–H and O–H groups in total. The summed E-state index contributed by atoms with van der Waals surface area (Å²) in [4.78, 5) is 9.30. The molecule has 0 atom stereocenters. The molecule has 0 aliphatic rings. The number of imidazole rings is 1. The fraction of sp³-hybridized carbons (Fsp3) is 0.222. The van der Waals surface area contributed by atoms with E-state index in [4.69, 9.17) is 28.0 Å². The van der Waals surface area contributed by atoms with Gasteiger partial charge in [-0.05, 0) is 30.2 Å². The van der Waals surface area contributed by atoms with Gasteiger partial charge in [0, 0.05) is 18.0 Å². The van der Waals surface area contributed by atoms with E-state index in [1.165, 1.54) is 22.9 Å². The van der Waals surface area contributed by atoms with Gasteiger partial charge < -0.3 is 14.3 Å². The quantitative estimate of drug-likeness (QED) is 0.429. The summed E-state index contributed by atoms with van der Waals surface area (Å²) in [5.41, 5.74) is 0.933. The number of phenols is 1. The average molecular weight is 432 g/mol. The lowest BCUT2D eigenvalue weighted by Gasteiger charge is -2.07. The molecule has 148 valence electrons. The number of alkyl halides is 3. The summed E-state index contributed by atoms with van der Waals surface area (Å²) < 4.78 is 39.8. The van der Waals surface area contributed by atoms with E-state index in [2.05, 4.69) is 10.1 Å². The molecule has 0 spiro atoms. The Labute approximate surface area is 168 Å². The number of hydrogen-bond acceptors (Lipinski definition) is 4. The van der Waals surface area contributed by atoms with Crippen LogP contribution in [0.1, 0.15) is 29.3 Å². The van der Waals surface area contributed by atoms with E-state index < -0.39 is 11.7 Å². The number of pyridine rings is 1. The molecule has 0 fully saturated rings. The predicted molar refractivity (Wildman–Crippen MR) is 100 cm³/mol. The first-order chi connectivity index (χ1) is 13.2. The van der Waals surface area contributed by atoms with Crippen LogP contribution in [0.2, 0.25) is 10.0 Å². The maximum Gasteiger partial charge on any atom is 0.417 e. The molecule has 3 aromatic rings. The molecule has 3 rings (SSSR count). The van der Waals surface area contributed by atoms with Crippen molar-refractivity contribution in [2.24, 2.45) is 5.16 Å². The maximum absolute atomic E-state index is 12.9. The summed E-state index contributed by atoms with van der Waals surface area (Å²) in [7, 11) is 0. The van der Waals surface area contributed by atoms with Gasteiger partial charge in [0.15, 0.2) is 12.3 Å². The number of aromatic hydroxyl groups is 1. The lowest BCUT2D eigenvalue weighted by molar-refractivity contribution is -0.137. The van der Waals surface area contributed by atoms with Crippen molar-refractivity contribution in [1.29, 1.82) is 0 Å². The molecule has 10 heteroatoms. The Morgan fingerprint density at radius 1 is 1.21 bits per heavy atom. The van der Waals surface area contributed by atoms with Crippen LogP contribution in [0.5, 0.6) is 5.75 Å². The average Bonchev–Trinajstić information content (AvgIpc) is 3.03. The highest BCUT2D eigenvalue weighted by atomic mass is 35.5. The Balaban J connectivity index is 1.74. The SMILES string of the molecule is CCc1cc(/C=N/OCc2cn3cc(C(F)(F)F)cc(Cl)c3n2)c(Cl)cc1O. The highest BCUT2D eigenvalue weighted by Gasteiger charge is 2.31. The number of rotatable bonds is 5. The molecule has 2 aromatic heterocycles. The van der Waals surface area contributed by atoms with Crippen molar-refractivity contribution in [2.75, 3.05) is 0 Å². The van der Waals surface area contributed by atoms with Crippen molar-refractivity contribution in [3.63, 3.8) is 0 Å². The second kappa shape index (κ2) is 7.89. The summed E-state index contributed by atoms with van der Waals surface area (Å²) in [5, 5.41) is 13.7. The molecule has 0 saturated carbocycles. The first-order valence-electron chi connectivity index (χ1n) is 8.10. The Hall–Kier alpha value is -2.45. The van der Waals surface area contributed by atoms with E-state index in [9.17, 15) is 18.3 Å². The van der Waals surface area contributed by atoms with Crippen molar-refractivity contribution >= 4 is 35.1 Å². The third kappa shape index (κ3) is 4.34. The molecule has 28 heavy (non-hydrogen) atoms. The van der Waals surface area contributed by atoms with E-state index in [1.807, 2.05) is 6.92 Å². The normalized spacial score (nSPS) is 12.2. The van der Waals surface area contributed by atoms with Crippen molar-refractivity contribution in [2.45, 2.75) is 26.1 Å². The summed E-state index contributed by atoms with van der Waals surface area (Å²) >= 11 is 11.9. The highest BCUT2D eigenvalue weighted by molar-refractivity contribution is 6.33. The van der Waals surface area contributed by atoms with Crippen LogP contribution in [0.15, 0.2) is 35.7 Å². The molecule has 0 amide bonds. The molecule has 0 bridgehead atoms. The number of nitrogens with zero attached hydrogens (tertiary/aromatic N) is 3. The van der Waals surface area contributed by atoms with Gasteiger partial charge in [-0.2, -0.15) is 13.2 Å². The van der Waals surface area contributed by atoms with Crippen molar-refractivity contribution < 1.29 is 23.1 Å². The number of phenolic OH excluding ortho intramolecular Hbond substituents is 1. The number of halogens is 5. The predicted octanol–water partition coefficient (Wildman–Crippen LogP) is 5.48. The lowest BCUT2D eigenvalue weighted by Crippen LogP contribution is -2.06. The minimum absolute atomic E-state index is 0.0772. The molecule has 1 aromatic carbocycles. The standard InChI is InChI=1S/C18H14Cl2F3N3O2/c1-2-10-3-11(14(19)5-16(10)27)6-24-28-9-13-8-26-7-12(18(21,22)23)4-15(20)17(26)25-13/h3-8,27H,2,9H2,1H3/b24-6+. The number of aromatic nitrogens is 2. The van der Waals surface area contributed by atoms with Crippen LogP contribution >= 0.6 is 23.2 Å². The van der Waals surface area contributed by atoms with Crippen molar-refractivity contribution in [1.82, 2.24) is 9.38 Å². The summed E-state index contributed by atoms with van der Waals surface area (Å²) in [6, 6.07) is 3.93. The summed E-state index contributed by atoms with van der Waals surface area (Å²) in [5.74, 6) is 0.102. The minimum atomic E-state index is -4.51. The largest absolute Gasteiger partial charge is 0.508 e. The van der Waals surface area contributed by atoms with Gasteiger partial charge in [0.1, 0.15) is 5.75 Å². The second-order valence-electron chi connectivity index (χ2n) is 5.90. The smallest absolute Gasteiger partial charge is 0.417 e. The topological polar surface area (TPSA) is 59.1 Å². The molecule has 0 aliphatic heterocycles. The van der Waals surface area contributed by atoms with Crippen LogP contribution in [0.3, 0.4) is 0 Å². The molecule has 0 aliphatic carbocycles. The van der Waals surface area contributed by atoms with Gasteiger partial charge in [-0.15, -0.1) is 0 Å². The lowest BCUT2D eigenvalue weighted by atomic mass is 10.1. The molecule has 5 nitrogen and oxygen atoms in total. The minimum Gasteiger partial charge on any atom is -0.508 e. The fourth-order valence-electron chi connectivity index (χ4n) is 2.54. The number of benzene rings is 1. The zero-order valence-electron chi connectivity index (χ0n) is 14.5. The summed E-state index contributed by atoms with van der Waals surface area (Å²) in [6.07, 6.45) is -0.222. The van der Waals surface area contributed by atoms with Gasteiger partial charge in [0.05, 0.1) is 27.5 Å². The first kappa shape index (κ1) is 20.3. The zero-order chi connectivity index (χ0) is 20.5. The van der Waals surface area contributed by atoms with Crippen LogP contribution < -0.4 is 0 Å². The van der Waals surface area contributed by atoms with E-state index >= 15 is 0 Å². The zero-order valence-corrected chi connectivity index (χ0v) is 16.0. The van der Waals surface area contributed by atoms with E-state index in [0.29, 0.717) is 28.3 Å². The highest BCUT2D eigenvalue weighted by Crippen LogP contribution is 2.32. The number of oxime groups is 1. The molecule has 2 heterocycles. The van der Waals surface area contributed by atoms with Crippen molar-refractivity contribution in [3.8, 4) is 5.75 Å². The Bertz CT molecular complexity index is 1050. The Kier molecular flexibility index (Phi) is 5.71. The van der Waals surface area contributed by atoms with Crippen LogP contribution in [-0.2, 0) is 24.0 Å². The number of hydrogen-bond donors (Lipinski definition) is 1. The van der Waals surface area contributed by atoms with Gasteiger partial charge in [-0.1, -0.05) is 35.3 Å². The fourth-order valence-corrected chi connectivity index (χ4v) is 3.00. The third-order valence-electron chi connectivity index (χ3n) is 3.94. The monoisotopic (exact) mass is 431 g/mol. The van der Waals surface area contributed by atoms with Gasteiger partial charge >= 0.3 is 6.18 Å². The van der Waals surface area contributed by atoms with Crippen LogP contribution in [0, 0.1) is 0 Å². The van der Waals surface area contributed by atoms with Gasteiger partial charge in [-0.3, -0.25) is 0 Å².